The van der Waals surface area contributed by atoms with E-state index < -0.39 is 59.5 Å². The normalized spacial score (nSPS) is 23.2. The Morgan fingerprint density at radius 1 is 1.09 bits per heavy atom. The fraction of sp³-hybridized carbons (Fsp3) is 0.727. The standard InChI is InChI=1S/C33H51ClN6O6/c1-5-9-23(27(41)31(44)37-21-13-14-21)38-29(42)24-16-22(46-25-15-12-20(34)17-36-25)18-40(24)32(45)28(33(2,3)4)39-30(43)26(35)19-10-7-6-8-11-19/h12,15,17,19,21-24,26-28,41H,5-11,13-14,16,18,35H2,1-4H3,(H,37,44)(H,38,42)(H,39,43). The summed E-state index contributed by atoms with van der Waals surface area (Å²) in [4.78, 5) is 60.0. The van der Waals surface area contributed by atoms with Gasteiger partial charge in [0, 0.05) is 24.7 Å². The highest BCUT2D eigenvalue weighted by Crippen LogP contribution is 2.30. The highest BCUT2D eigenvalue weighted by molar-refractivity contribution is 6.30. The molecule has 3 fully saturated rings. The average Bonchev–Trinajstić information content (AvgIpc) is 3.74. The van der Waals surface area contributed by atoms with E-state index in [2.05, 4.69) is 20.9 Å². The monoisotopic (exact) mass is 662 g/mol. The van der Waals surface area contributed by atoms with Crippen molar-refractivity contribution in [3.8, 4) is 5.88 Å². The van der Waals surface area contributed by atoms with Gasteiger partial charge in [-0.05, 0) is 49.5 Å². The number of aromatic nitrogens is 1. The molecule has 1 aliphatic heterocycles. The second kappa shape index (κ2) is 15.8. The SMILES string of the molecule is CCCC(NC(=O)C1CC(Oc2ccc(Cl)cn2)CN1C(=O)C(NC(=O)C(N)C1CCCCC1)C(C)(C)C)C(O)C(=O)NC1CC1. The zero-order valence-electron chi connectivity index (χ0n) is 27.5. The molecule has 1 saturated heterocycles. The number of pyridine rings is 1. The van der Waals surface area contributed by atoms with E-state index in [9.17, 15) is 24.3 Å². The summed E-state index contributed by atoms with van der Waals surface area (Å²) < 4.78 is 6.08. The van der Waals surface area contributed by atoms with Gasteiger partial charge in [0.25, 0.3) is 5.91 Å². The number of hydrogen-bond acceptors (Lipinski definition) is 8. The van der Waals surface area contributed by atoms with E-state index in [4.69, 9.17) is 22.1 Å². The van der Waals surface area contributed by atoms with E-state index in [1.165, 1.54) is 11.1 Å². The molecule has 0 radical (unpaired) electrons. The van der Waals surface area contributed by atoms with Crippen LogP contribution in [0.4, 0.5) is 0 Å². The van der Waals surface area contributed by atoms with Crippen LogP contribution in [0.25, 0.3) is 0 Å². The molecule has 4 rings (SSSR count). The summed E-state index contributed by atoms with van der Waals surface area (Å²) >= 11 is 5.99. The molecule has 0 bridgehead atoms. The van der Waals surface area contributed by atoms with E-state index in [-0.39, 0.29) is 36.7 Å². The molecule has 2 aliphatic carbocycles. The van der Waals surface area contributed by atoms with Crippen LogP contribution in [0.5, 0.6) is 5.88 Å². The number of nitrogens with one attached hydrogen (secondary N) is 3. The number of nitrogens with zero attached hydrogens (tertiary/aromatic N) is 2. The number of carbonyl (C=O) groups is 4. The van der Waals surface area contributed by atoms with Crippen LogP contribution < -0.4 is 26.4 Å². The molecule has 1 aromatic heterocycles. The number of amides is 4. The highest BCUT2D eigenvalue weighted by atomic mass is 35.5. The number of halogens is 1. The van der Waals surface area contributed by atoms with Crippen molar-refractivity contribution in [3.63, 3.8) is 0 Å². The second-order valence-corrected chi connectivity index (χ2v) is 14.6. The number of ether oxygens (including phenoxy) is 1. The van der Waals surface area contributed by atoms with Crippen LogP contribution in [0.3, 0.4) is 0 Å². The first-order valence-electron chi connectivity index (χ1n) is 16.7. The molecule has 256 valence electrons. The Labute approximate surface area is 276 Å². The molecule has 4 amide bonds. The number of likely N-dealkylation sites (tertiary alicyclic amines) is 1. The first kappa shape index (κ1) is 35.9. The fourth-order valence-corrected chi connectivity index (χ4v) is 6.45. The number of aliphatic hydroxyl groups is 1. The summed E-state index contributed by atoms with van der Waals surface area (Å²) in [7, 11) is 0. The Morgan fingerprint density at radius 2 is 1.78 bits per heavy atom. The minimum atomic E-state index is -1.44. The Bertz CT molecular complexity index is 1220. The highest BCUT2D eigenvalue weighted by Gasteiger charge is 2.47. The van der Waals surface area contributed by atoms with Gasteiger partial charge >= 0.3 is 0 Å². The van der Waals surface area contributed by atoms with Crippen molar-refractivity contribution >= 4 is 35.2 Å². The van der Waals surface area contributed by atoms with Gasteiger partial charge in [-0.2, -0.15) is 0 Å². The van der Waals surface area contributed by atoms with Gasteiger partial charge in [-0.1, -0.05) is 65.0 Å². The molecule has 6 atom stereocenters. The summed E-state index contributed by atoms with van der Waals surface area (Å²) in [6.07, 6.45) is 7.17. The topological polar surface area (TPSA) is 176 Å². The number of carbonyl (C=O) groups excluding carboxylic acids is 4. The summed E-state index contributed by atoms with van der Waals surface area (Å²) in [6, 6.07) is -0.249. The van der Waals surface area contributed by atoms with Gasteiger partial charge in [0.1, 0.15) is 18.2 Å². The molecule has 2 heterocycles. The number of nitrogens with two attached hydrogens (primary N) is 1. The molecule has 0 aromatic carbocycles. The van der Waals surface area contributed by atoms with E-state index in [0.717, 1.165) is 44.9 Å². The predicted molar refractivity (Wildman–Crippen MR) is 174 cm³/mol. The third-order valence-corrected chi connectivity index (χ3v) is 9.42. The Morgan fingerprint density at radius 3 is 2.37 bits per heavy atom. The summed E-state index contributed by atoms with van der Waals surface area (Å²) in [5.41, 5.74) is 5.70. The number of rotatable bonds is 13. The summed E-state index contributed by atoms with van der Waals surface area (Å²) in [5.74, 6) is -1.52. The van der Waals surface area contributed by atoms with Crippen molar-refractivity contribution < 1.29 is 29.0 Å². The molecule has 1 aromatic rings. The zero-order chi connectivity index (χ0) is 33.6. The Kier molecular flexibility index (Phi) is 12.3. The zero-order valence-corrected chi connectivity index (χ0v) is 28.2. The fourth-order valence-electron chi connectivity index (χ4n) is 6.33. The number of hydrogen-bond donors (Lipinski definition) is 5. The van der Waals surface area contributed by atoms with Gasteiger partial charge in [-0.15, -0.1) is 0 Å². The van der Waals surface area contributed by atoms with Crippen LogP contribution in [0, 0.1) is 11.3 Å². The lowest BCUT2D eigenvalue weighted by atomic mass is 9.82. The van der Waals surface area contributed by atoms with Crippen molar-refractivity contribution in [2.75, 3.05) is 6.54 Å². The molecule has 0 spiro atoms. The molecular formula is C33H51ClN6O6. The molecule has 46 heavy (non-hydrogen) atoms. The van der Waals surface area contributed by atoms with Crippen LogP contribution in [0.1, 0.15) is 91.9 Å². The first-order chi connectivity index (χ1) is 21.8. The van der Waals surface area contributed by atoms with Crippen molar-refractivity contribution in [1.82, 2.24) is 25.8 Å². The minimum Gasteiger partial charge on any atom is -0.472 e. The lowest BCUT2D eigenvalue weighted by molar-refractivity contribution is -0.145. The third kappa shape index (κ3) is 9.54. The minimum absolute atomic E-state index is 0.0539. The number of aliphatic hydroxyl groups excluding tert-OH is 1. The van der Waals surface area contributed by atoms with Gasteiger partial charge in [0.2, 0.25) is 23.6 Å². The van der Waals surface area contributed by atoms with Crippen molar-refractivity contribution in [2.45, 2.75) is 134 Å². The second-order valence-electron chi connectivity index (χ2n) is 14.2. The maximum absolute atomic E-state index is 14.4. The van der Waals surface area contributed by atoms with E-state index in [0.29, 0.717) is 17.9 Å². The van der Waals surface area contributed by atoms with Crippen molar-refractivity contribution in [2.24, 2.45) is 17.1 Å². The lowest BCUT2D eigenvalue weighted by Gasteiger charge is -2.37. The summed E-state index contributed by atoms with van der Waals surface area (Å²) in [5, 5.41) is 19.9. The van der Waals surface area contributed by atoms with Crippen LogP contribution in [-0.2, 0) is 19.2 Å². The van der Waals surface area contributed by atoms with Crippen molar-refractivity contribution in [3.05, 3.63) is 23.4 Å². The molecule has 13 heteroatoms. The first-order valence-corrected chi connectivity index (χ1v) is 17.1. The Balaban J connectivity index is 1.55. The van der Waals surface area contributed by atoms with Crippen LogP contribution in [-0.4, -0.2) is 87.6 Å². The molecule has 6 unspecified atom stereocenters. The maximum Gasteiger partial charge on any atom is 0.251 e. The van der Waals surface area contributed by atoms with Gasteiger partial charge in [-0.3, -0.25) is 19.2 Å². The molecule has 3 aliphatic rings. The maximum atomic E-state index is 14.4. The lowest BCUT2D eigenvalue weighted by Crippen LogP contribution is -2.61. The largest absolute Gasteiger partial charge is 0.472 e. The average molecular weight is 663 g/mol. The van der Waals surface area contributed by atoms with Crippen LogP contribution in [0.2, 0.25) is 5.02 Å². The van der Waals surface area contributed by atoms with E-state index >= 15 is 0 Å². The summed E-state index contributed by atoms with van der Waals surface area (Å²) in [6.45, 7) is 7.51. The molecule has 12 nitrogen and oxygen atoms in total. The quantitative estimate of drug-likeness (QED) is 0.214. The van der Waals surface area contributed by atoms with Crippen LogP contribution in [0.15, 0.2) is 18.3 Å². The van der Waals surface area contributed by atoms with E-state index in [1.807, 2.05) is 27.7 Å². The van der Waals surface area contributed by atoms with E-state index in [1.54, 1.807) is 12.1 Å². The van der Waals surface area contributed by atoms with Gasteiger partial charge in [-0.25, -0.2) is 4.98 Å². The molecule has 2 saturated carbocycles. The van der Waals surface area contributed by atoms with Crippen molar-refractivity contribution in [1.29, 1.82) is 0 Å². The Hall–Kier alpha value is -2.96. The molecular weight excluding hydrogens is 612 g/mol. The van der Waals surface area contributed by atoms with Gasteiger partial charge in [0.05, 0.1) is 23.7 Å². The smallest absolute Gasteiger partial charge is 0.251 e. The van der Waals surface area contributed by atoms with Gasteiger partial charge in [0.15, 0.2) is 6.10 Å². The van der Waals surface area contributed by atoms with Gasteiger partial charge < -0.3 is 36.4 Å². The van der Waals surface area contributed by atoms with Crippen LogP contribution >= 0.6 is 11.6 Å². The third-order valence-electron chi connectivity index (χ3n) is 9.20. The molecule has 6 N–H and O–H groups in total. The predicted octanol–water partition coefficient (Wildman–Crippen LogP) is 2.45.